The van der Waals surface area contributed by atoms with Crippen LogP contribution in [0.5, 0.6) is 23.0 Å². The quantitative estimate of drug-likeness (QED) is 0.114. The van der Waals surface area contributed by atoms with Gasteiger partial charge in [0.05, 0.1) is 49.9 Å². The average molecular weight is 863 g/mol. The first kappa shape index (κ1) is 43.7. The maximum absolute atomic E-state index is 14.2. The Morgan fingerprint density at radius 2 is 1.17 bits per heavy atom. The number of methoxy groups -OCH3 is 2. The first-order valence-corrected chi connectivity index (χ1v) is 28.6. The lowest BCUT2D eigenvalue weighted by molar-refractivity contribution is -0.123. The summed E-state index contributed by atoms with van der Waals surface area (Å²) in [6.45, 7) is 17.7. The molecule has 1 aliphatic carbocycles. The van der Waals surface area contributed by atoms with Crippen molar-refractivity contribution in [1.82, 2.24) is 9.80 Å². The van der Waals surface area contributed by atoms with Crippen LogP contribution in [0.4, 0.5) is 11.4 Å². The standard InChI is InChI=1S/C44H62N4O10Si2/c1-29-19-34-42(51)47(27-55-15-17-59(4,5)6)32-22-38(36(53-2)20-30(32)40(49)45(34)25-29)57-13-10-14-58-39-23-33-31(21-37(39)54-3)41(50)46-26-44(11-12-44)24-35(46)43(52)48(33)28-56-16-18-60(7,8)9/h20-23,25,34-35H,10-19,24,26-28H2,1-9H3/t34-,35-/m0/s1. The third kappa shape index (κ3) is 9.26. The predicted octanol–water partition coefficient (Wildman–Crippen LogP) is 6.98. The Morgan fingerprint density at radius 3 is 1.65 bits per heavy atom. The molecular weight excluding hydrogens is 801 g/mol. The molecule has 0 aromatic heterocycles. The van der Waals surface area contributed by atoms with Gasteiger partial charge in [0, 0.05) is 60.7 Å². The molecule has 0 radical (unpaired) electrons. The fourth-order valence-electron chi connectivity index (χ4n) is 8.30. The zero-order chi connectivity index (χ0) is 43.1. The molecule has 1 saturated carbocycles. The third-order valence-electron chi connectivity index (χ3n) is 12.1. The minimum absolute atomic E-state index is 0.00782. The Hall–Kier alpha value is -4.39. The number of fused-ring (bicyclic) bond motifs is 4. The second-order valence-corrected chi connectivity index (χ2v) is 30.6. The minimum Gasteiger partial charge on any atom is -0.493 e. The summed E-state index contributed by atoms with van der Waals surface area (Å²) < 4.78 is 36.2. The Morgan fingerprint density at radius 1 is 0.667 bits per heavy atom. The first-order chi connectivity index (χ1) is 28.4. The number of anilines is 2. The molecule has 14 nitrogen and oxygen atoms in total. The molecule has 60 heavy (non-hydrogen) atoms. The molecule has 0 N–H and O–H groups in total. The summed E-state index contributed by atoms with van der Waals surface area (Å²) in [6, 6.07) is 7.42. The maximum atomic E-state index is 14.2. The zero-order valence-electron chi connectivity index (χ0n) is 36.8. The third-order valence-corrected chi connectivity index (χ3v) is 15.5. The van der Waals surface area contributed by atoms with Gasteiger partial charge in [0.25, 0.3) is 23.6 Å². The first-order valence-electron chi connectivity index (χ1n) is 21.2. The van der Waals surface area contributed by atoms with E-state index in [4.69, 9.17) is 28.4 Å². The molecule has 326 valence electrons. The molecule has 1 saturated heterocycles. The highest BCUT2D eigenvalue weighted by molar-refractivity contribution is 6.76. The molecule has 0 bridgehead atoms. The summed E-state index contributed by atoms with van der Waals surface area (Å²) in [5.74, 6) is 0.681. The van der Waals surface area contributed by atoms with Crippen LogP contribution in [0, 0.1) is 5.41 Å². The van der Waals surface area contributed by atoms with Crippen LogP contribution in [-0.2, 0) is 19.1 Å². The van der Waals surface area contributed by atoms with E-state index >= 15 is 0 Å². The van der Waals surface area contributed by atoms with Gasteiger partial charge in [-0.05, 0) is 62.2 Å². The van der Waals surface area contributed by atoms with Crippen LogP contribution in [-0.4, -0.2) is 122 Å². The smallest absolute Gasteiger partial charge is 0.260 e. The lowest BCUT2D eigenvalue weighted by atomic mass is 10.0. The summed E-state index contributed by atoms with van der Waals surface area (Å²) in [6.07, 6.45) is 5.36. The number of nitrogens with zero attached hydrogens (tertiary/aromatic N) is 4. The second-order valence-electron chi connectivity index (χ2n) is 19.4. The highest BCUT2D eigenvalue weighted by atomic mass is 28.3. The molecule has 16 heteroatoms. The monoisotopic (exact) mass is 862 g/mol. The molecule has 4 amide bonds. The van der Waals surface area contributed by atoms with Crippen molar-refractivity contribution < 1.29 is 47.6 Å². The van der Waals surface area contributed by atoms with Crippen molar-refractivity contribution in [3.8, 4) is 23.0 Å². The van der Waals surface area contributed by atoms with Gasteiger partial charge < -0.3 is 38.2 Å². The van der Waals surface area contributed by atoms with Crippen LogP contribution >= 0.6 is 0 Å². The summed E-state index contributed by atoms with van der Waals surface area (Å²) in [7, 11) is 0.290. The van der Waals surface area contributed by atoms with Crippen LogP contribution in [0.1, 0.15) is 59.7 Å². The van der Waals surface area contributed by atoms with Crippen LogP contribution in [0.25, 0.3) is 0 Å². The van der Waals surface area contributed by atoms with Gasteiger partial charge in [-0.1, -0.05) is 44.9 Å². The number of carbonyl (C=O) groups is 4. The maximum Gasteiger partial charge on any atom is 0.260 e. The Kier molecular flexibility index (Phi) is 12.5. The van der Waals surface area contributed by atoms with Gasteiger partial charge in [-0.3, -0.25) is 29.0 Å². The van der Waals surface area contributed by atoms with E-state index in [1.807, 2.05) is 6.92 Å². The van der Waals surface area contributed by atoms with Crippen molar-refractivity contribution in [2.75, 3.05) is 70.5 Å². The summed E-state index contributed by atoms with van der Waals surface area (Å²) in [5, 5.41) is 0. The summed E-state index contributed by atoms with van der Waals surface area (Å²) >= 11 is 0. The molecule has 2 aromatic rings. The van der Waals surface area contributed by atoms with Crippen molar-refractivity contribution in [3.05, 3.63) is 47.2 Å². The van der Waals surface area contributed by atoms with E-state index in [0.29, 0.717) is 84.5 Å². The fraction of sp³-hybridized carbons (Fsp3) is 0.591. The lowest BCUT2D eigenvalue weighted by Crippen LogP contribution is -2.45. The molecule has 7 rings (SSSR count). The largest absolute Gasteiger partial charge is 0.493 e. The summed E-state index contributed by atoms with van der Waals surface area (Å²) in [5.41, 5.74) is 2.57. The molecule has 4 heterocycles. The second kappa shape index (κ2) is 17.2. The highest BCUT2D eigenvalue weighted by Gasteiger charge is 2.57. The van der Waals surface area contributed by atoms with Crippen molar-refractivity contribution >= 4 is 51.2 Å². The van der Waals surface area contributed by atoms with Gasteiger partial charge in [-0.15, -0.1) is 0 Å². The normalized spacial score (nSPS) is 20.7. The van der Waals surface area contributed by atoms with Gasteiger partial charge in [0.15, 0.2) is 23.0 Å². The SMILES string of the molecule is COc1cc2c(cc1OCCCOc1cc3c(cc1OC)C(=O)N1CC4(CC4)C[C@H]1C(=O)N3COCC[Si](C)(C)C)N(COCC[Si](C)(C)C)C(=O)[C@@H]1CC(C)=CN1C2=O. The van der Waals surface area contributed by atoms with Crippen LogP contribution in [0.3, 0.4) is 0 Å². The van der Waals surface area contributed by atoms with E-state index in [1.54, 1.807) is 45.2 Å². The number of amides is 4. The molecule has 1 spiro atoms. The zero-order valence-corrected chi connectivity index (χ0v) is 38.8. The minimum atomic E-state index is -1.38. The highest BCUT2D eigenvalue weighted by Crippen LogP contribution is 2.56. The molecule has 2 aromatic carbocycles. The van der Waals surface area contributed by atoms with Crippen LogP contribution < -0.4 is 28.7 Å². The van der Waals surface area contributed by atoms with E-state index < -0.39 is 28.2 Å². The van der Waals surface area contributed by atoms with Gasteiger partial charge >= 0.3 is 0 Å². The van der Waals surface area contributed by atoms with E-state index in [9.17, 15) is 19.2 Å². The van der Waals surface area contributed by atoms with E-state index in [0.717, 1.165) is 30.5 Å². The van der Waals surface area contributed by atoms with Crippen molar-refractivity contribution in [2.45, 2.75) is 102 Å². The molecule has 2 fully saturated rings. The molecule has 2 atom stereocenters. The number of carbonyl (C=O) groups excluding carboxylic acids is 4. The number of hydrogen-bond acceptors (Lipinski definition) is 10. The van der Waals surface area contributed by atoms with Crippen molar-refractivity contribution in [1.29, 1.82) is 0 Å². The van der Waals surface area contributed by atoms with Gasteiger partial charge in [0.2, 0.25) is 0 Å². The molecule has 0 unspecified atom stereocenters. The topological polar surface area (TPSA) is 137 Å². The van der Waals surface area contributed by atoms with Gasteiger partial charge in [0.1, 0.15) is 25.5 Å². The fourth-order valence-corrected chi connectivity index (χ4v) is 9.81. The summed E-state index contributed by atoms with van der Waals surface area (Å²) in [4.78, 5) is 62.8. The number of rotatable bonds is 18. The number of ether oxygens (including phenoxy) is 6. The van der Waals surface area contributed by atoms with E-state index in [2.05, 4.69) is 39.3 Å². The average Bonchev–Trinajstić information content (AvgIpc) is 3.70. The van der Waals surface area contributed by atoms with Crippen LogP contribution in [0.15, 0.2) is 36.0 Å². The molecule has 4 aliphatic heterocycles. The number of hydrogen-bond donors (Lipinski definition) is 0. The lowest BCUT2D eigenvalue weighted by Gasteiger charge is -2.27. The van der Waals surface area contributed by atoms with E-state index in [-0.39, 0.29) is 55.7 Å². The molecular formula is C44H62N4O10Si2. The number of benzene rings is 2. The van der Waals surface area contributed by atoms with E-state index in [1.165, 1.54) is 19.1 Å². The Labute approximate surface area is 356 Å². The Bertz CT molecular complexity index is 2040. The predicted molar refractivity (Wildman–Crippen MR) is 234 cm³/mol. The van der Waals surface area contributed by atoms with Gasteiger partial charge in [-0.25, -0.2) is 0 Å². The van der Waals surface area contributed by atoms with Crippen molar-refractivity contribution in [2.24, 2.45) is 5.41 Å². The molecule has 5 aliphatic rings. The van der Waals surface area contributed by atoms with Gasteiger partial charge in [-0.2, -0.15) is 0 Å². The van der Waals surface area contributed by atoms with Crippen molar-refractivity contribution in [3.63, 3.8) is 0 Å². The van der Waals surface area contributed by atoms with Crippen LogP contribution in [0.2, 0.25) is 51.4 Å². The Balaban J connectivity index is 1.07.